The largest absolute Gasteiger partial charge is 0.309 e. The van der Waals surface area contributed by atoms with Crippen LogP contribution in [0.15, 0.2) is 176 Å². The fourth-order valence-corrected chi connectivity index (χ4v) is 7.81. The Kier molecular flexibility index (Phi) is 5.64. The van der Waals surface area contributed by atoms with E-state index in [1.807, 2.05) is 0 Å². The quantitative estimate of drug-likeness (QED) is 0.179. The Balaban J connectivity index is 1.31. The second kappa shape index (κ2) is 10.2. The molecule has 0 saturated carbocycles. The Morgan fingerprint density at radius 2 is 0.787 bits per heavy atom. The molecule has 10 aromatic rings. The molecule has 1 heterocycles. The van der Waals surface area contributed by atoms with Crippen molar-refractivity contribution in [2.75, 3.05) is 0 Å². The van der Waals surface area contributed by atoms with E-state index in [9.17, 15) is 0 Å². The topological polar surface area (TPSA) is 4.93 Å². The van der Waals surface area contributed by atoms with Gasteiger partial charge in [-0.1, -0.05) is 140 Å². The molecule has 1 aromatic heterocycles. The standard InChI is InChI=1S/C46H29N/c1-2-13-31(14-3-1)45-37-18-8-10-20-39(37)46(40-21-11-9-19-38(40)45)35-23-25-43-41(28-35)42-27-33-16-6-7-17-34(33)29-44(42)47(43)36-24-22-30-12-4-5-15-32(30)26-36/h1-29H. The van der Waals surface area contributed by atoms with Crippen LogP contribution in [-0.2, 0) is 0 Å². The van der Waals surface area contributed by atoms with Gasteiger partial charge in [-0.05, 0) is 102 Å². The third kappa shape index (κ3) is 3.97. The van der Waals surface area contributed by atoms with Gasteiger partial charge in [0.1, 0.15) is 0 Å². The molecular weight excluding hydrogens is 567 g/mol. The average molecular weight is 596 g/mol. The van der Waals surface area contributed by atoms with Crippen molar-refractivity contribution < 1.29 is 0 Å². The Labute approximate surface area is 272 Å². The zero-order chi connectivity index (χ0) is 30.9. The summed E-state index contributed by atoms with van der Waals surface area (Å²) in [5.41, 5.74) is 8.66. The van der Waals surface area contributed by atoms with E-state index in [-0.39, 0.29) is 0 Å². The van der Waals surface area contributed by atoms with E-state index in [1.54, 1.807) is 0 Å². The molecule has 0 N–H and O–H groups in total. The molecule has 0 aliphatic heterocycles. The zero-order valence-electron chi connectivity index (χ0n) is 25.7. The minimum absolute atomic E-state index is 1.18. The summed E-state index contributed by atoms with van der Waals surface area (Å²) in [6, 6.07) is 64.6. The van der Waals surface area contributed by atoms with Crippen LogP contribution >= 0.6 is 0 Å². The summed E-state index contributed by atoms with van der Waals surface area (Å²) in [6.07, 6.45) is 0. The smallest absolute Gasteiger partial charge is 0.0547 e. The normalized spacial score (nSPS) is 11.8. The van der Waals surface area contributed by atoms with E-state index < -0.39 is 0 Å². The van der Waals surface area contributed by atoms with Crippen molar-refractivity contribution >= 4 is 64.9 Å². The molecule has 0 aliphatic carbocycles. The highest BCUT2D eigenvalue weighted by Gasteiger charge is 2.19. The highest BCUT2D eigenvalue weighted by Crippen LogP contribution is 2.45. The van der Waals surface area contributed by atoms with Gasteiger partial charge in [0.25, 0.3) is 0 Å². The van der Waals surface area contributed by atoms with Gasteiger partial charge in [-0.15, -0.1) is 0 Å². The molecule has 10 rings (SSSR count). The van der Waals surface area contributed by atoms with Crippen molar-refractivity contribution in [3.8, 4) is 27.9 Å². The first-order valence-electron chi connectivity index (χ1n) is 16.3. The lowest BCUT2D eigenvalue weighted by molar-refractivity contribution is 1.19. The van der Waals surface area contributed by atoms with E-state index in [2.05, 4.69) is 180 Å². The van der Waals surface area contributed by atoms with Crippen LogP contribution in [0.3, 0.4) is 0 Å². The number of benzene rings is 9. The molecule has 1 heteroatoms. The van der Waals surface area contributed by atoms with Gasteiger partial charge in [0.2, 0.25) is 0 Å². The van der Waals surface area contributed by atoms with Crippen molar-refractivity contribution in [1.29, 1.82) is 0 Å². The van der Waals surface area contributed by atoms with E-state index in [4.69, 9.17) is 0 Å². The van der Waals surface area contributed by atoms with Crippen LogP contribution in [0.1, 0.15) is 0 Å². The molecule has 0 amide bonds. The number of rotatable bonds is 3. The number of nitrogens with zero attached hydrogens (tertiary/aromatic N) is 1. The molecule has 47 heavy (non-hydrogen) atoms. The molecule has 0 atom stereocenters. The number of hydrogen-bond donors (Lipinski definition) is 0. The Bertz CT molecular complexity index is 2780. The molecule has 0 fully saturated rings. The minimum Gasteiger partial charge on any atom is -0.309 e. The molecule has 0 spiro atoms. The maximum Gasteiger partial charge on any atom is 0.0547 e. The van der Waals surface area contributed by atoms with Gasteiger partial charge >= 0.3 is 0 Å². The van der Waals surface area contributed by atoms with Crippen molar-refractivity contribution in [2.24, 2.45) is 0 Å². The van der Waals surface area contributed by atoms with Gasteiger partial charge in [-0.2, -0.15) is 0 Å². The zero-order valence-corrected chi connectivity index (χ0v) is 25.7. The number of fused-ring (bicyclic) bond motifs is 7. The third-order valence-corrected chi connectivity index (χ3v) is 9.91. The van der Waals surface area contributed by atoms with Crippen molar-refractivity contribution in [3.63, 3.8) is 0 Å². The van der Waals surface area contributed by atoms with E-state index in [1.165, 1.54) is 92.8 Å². The molecular formula is C46H29N. The fraction of sp³-hybridized carbons (Fsp3) is 0. The molecule has 0 unspecified atom stereocenters. The molecule has 1 nitrogen and oxygen atoms in total. The molecule has 0 bridgehead atoms. The summed E-state index contributed by atoms with van der Waals surface area (Å²) < 4.78 is 2.45. The maximum atomic E-state index is 2.45. The van der Waals surface area contributed by atoms with Gasteiger partial charge in [0.05, 0.1) is 11.0 Å². The number of aromatic nitrogens is 1. The van der Waals surface area contributed by atoms with Crippen molar-refractivity contribution in [1.82, 2.24) is 4.57 Å². The Morgan fingerprint density at radius 3 is 1.45 bits per heavy atom. The molecule has 0 saturated heterocycles. The summed E-state index contributed by atoms with van der Waals surface area (Å²) in [4.78, 5) is 0. The molecule has 218 valence electrons. The molecule has 9 aromatic carbocycles. The summed E-state index contributed by atoms with van der Waals surface area (Å²) in [7, 11) is 0. The van der Waals surface area contributed by atoms with Crippen LogP contribution in [0.5, 0.6) is 0 Å². The fourth-order valence-electron chi connectivity index (χ4n) is 7.81. The van der Waals surface area contributed by atoms with Crippen LogP contribution in [0.25, 0.3) is 92.8 Å². The third-order valence-electron chi connectivity index (χ3n) is 9.91. The first-order valence-corrected chi connectivity index (χ1v) is 16.3. The van der Waals surface area contributed by atoms with E-state index in [0.717, 1.165) is 0 Å². The lowest BCUT2D eigenvalue weighted by Crippen LogP contribution is -1.94. The summed E-state index contributed by atoms with van der Waals surface area (Å²) in [5, 5.41) is 12.6. The van der Waals surface area contributed by atoms with Crippen LogP contribution in [0, 0.1) is 0 Å². The van der Waals surface area contributed by atoms with E-state index >= 15 is 0 Å². The second-order valence-electron chi connectivity index (χ2n) is 12.5. The van der Waals surface area contributed by atoms with Gasteiger partial charge in [0, 0.05) is 16.5 Å². The molecule has 0 radical (unpaired) electrons. The van der Waals surface area contributed by atoms with Crippen LogP contribution in [-0.4, -0.2) is 4.57 Å². The van der Waals surface area contributed by atoms with Crippen LogP contribution in [0.4, 0.5) is 0 Å². The van der Waals surface area contributed by atoms with Gasteiger partial charge < -0.3 is 4.57 Å². The Morgan fingerprint density at radius 1 is 0.277 bits per heavy atom. The summed E-state index contributed by atoms with van der Waals surface area (Å²) in [6.45, 7) is 0. The van der Waals surface area contributed by atoms with Gasteiger partial charge in [-0.25, -0.2) is 0 Å². The summed E-state index contributed by atoms with van der Waals surface area (Å²) >= 11 is 0. The van der Waals surface area contributed by atoms with Crippen LogP contribution in [0.2, 0.25) is 0 Å². The molecule has 0 aliphatic rings. The first-order chi connectivity index (χ1) is 23.3. The van der Waals surface area contributed by atoms with Crippen molar-refractivity contribution in [2.45, 2.75) is 0 Å². The van der Waals surface area contributed by atoms with Gasteiger partial charge in [0.15, 0.2) is 0 Å². The van der Waals surface area contributed by atoms with E-state index in [0.29, 0.717) is 0 Å². The summed E-state index contributed by atoms with van der Waals surface area (Å²) in [5.74, 6) is 0. The maximum absolute atomic E-state index is 2.45. The lowest BCUT2D eigenvalue weighted by Gasteiger charge is -2.18. The number of hydrogen-bond acceptors (Lipinski definition) is 0. The highest BCUT2D eigenvalue weighted by molar-refractivity contribution is 6.22. The predicted molar refractivity (Wildman–Crippen MR) is 202 cm³/mol. The highest BCUT2D eigenvalue weighted by atomic mass is 15.0. The SMILES string of the molecule is c1ccc(-c2c3ccccc3c(-c3ccc4c(c3)c3cc5ccccc5cc3n4-c3ccc4ccccc4c3)c3ccccc23)cc1. The Hall–Kier alpha value is -6.18. The first kappa shape index (κ1) is 26.1. The second-order valence-corrected chi connectivity index (χ2v) is 12.5. The van der Waals surface area contributed by atoms with Crippen LogP contribution < -0.4 is 0 Å². The lowest BCUT2D eigenvalue weighted by atomic mass is 9.86. The van der Waals surface area contributed by atoms with Gasteiger partial charge in [-0.3, -0.25) is 0 Å². The minimum atomic E-state index is 1.18. The predicted octanol–water partition coefficient (Wildman–Crippen LogP) is 12.7. The average Bonchev–Trinajstić information content (AvgIpc) is 3.45. The monoisotopic (exact) mass is 595 g/mol. The van der Waals surface area contributed by atoms with Crippen molar-refractivity contribution in [3.05, 3.63) is 176 Å².